The molecule has 1 aliphatic rings. The van der Waals surface area contributed by atoms with Crippen LogP contribution in [0.3, 0.4) is 0 Å². The molecule has 0 bridgehead atoms. The number of carbonyl (C=O) groups is 1. The Morgan fingerprint density at radius 2 is 2.14 bits per heavy atom. The van der Waals surface area contributed by atoms with Crippen LogP contribution in [0.1, 0.15) is 34.6 Å². The van der Waals surface area contributed by atoms with Gasteiger partial charge < -0.3 is 9.64 Å². The molecule has 1 amide bonds. The van der Waals surface area contributed by atoms with Crippen LogP contribution in [0.5, 0.6) is 6.01 Å². The molecule has 7 heteroatoms. The Morgan fingerprint density at radius 1 is 1.36 bits per heavy atom. The van der Waals surface area contributed by atoms with Gasteiger partial charge in [-0.2, -0.15) is 5.10 Å². The first kappa shape index (κ1) is 14.5. The highest BCUT2D eigenvalue weighted by atomic mass is 16.5. The molecule has 1 aliphatic heterocycles. The lowest BCUT2D eigenvalue weighted by Gasteiger charge is -2.32. The van der Waals surface area contributed by atoms with Gasteiger partial charge >= 0.3 is 6.01 Å². The number of hydrogen-bond acceptors (Lipinski definition) is 5. The van der Waals surface area contributed by atoms with Gasteiger partial charge in [0.25, 0.3) is 5.91 Å². The Labute approximate surface area is 128 Å². The average Bonchev–Trinajstić information content (AvgIpc) is 3.00. The monoisotopic (exact) mass is 301 g/mol. The lowest BCUT2D eigenvalue weighted by atomic mass is 10.1. The molecule has 22 heavy (non-hydrogen) atoms. The van der Waals surface area contributed by atoms with Crippen molar-refractivity contribution >= 4 is 5.91 Å². The summed E-state index contributed by atoms with van der Waals surface area (Å²) < 4.78 is 5.88. The Balaban J connectivity index is 1.66. The second-order valence-corrected chi connectivity index (χ2v) is 5.55. The van der Waals surface area contributed by atoms with Crippen molar-refractivity contribution in [1.29, 1.82) is 0 Å². The number of rotatable bonds is 3. The van der Waals surface area contributed by atoms with Crippen molar-refractivity contribution in [1.82, 2.24) is 25.1 Å². The second kappa shape index (κ2) is 6.13. The molecule has 7 nitrogen and oxygen atoms in total. The predicted octanol–water partition coefficient (Wildman–Crippen LogP) is 1.50. The highest BCUT2D eigenvalue weighted by molar-refractivity contribution is 5.93. The third-order valence-electron chi connectivity index (χ3n) is 3.64. The van der Waals surface area contributed by atoms with Gasteiger partial charge in [0.15, 0.2) is 0 Å². The van der Waals surface area contributed by atoms with Gasteiger partial charge in [0.05, 0.1) is 18.3 Å². The van der Waals surface area contributed by atoms with Crippen molar-refractivity contribution in [2.75, 3.05) is 13.1 Å². The SMILES string of the molecule is Cc1cc(C)nc(OC2CCCN(C(=O)c3cn[nH]c3)C2)n1. The molecule has 1 unspecified atom stereocenters. The third-order valence-corrected chi connectivity index (χ3v) is 3.64. The van der Waals surface area contributed by atoms with Crippen LogP contribution in [0.4, 0.5) is 0 Å². The molecular formula is C15H19N5O2. The maximum Gasteiger partial charge on any atom is 0.317 e. The smallest absolute Gasteiger partial charge is 0.317 e. The zero-order valence-electron chi connectivity index (χ0n) is 12.7. The molecule has 1 atom stereocenters. The van der Waals surface area contributed by atoms with Crippen LogP contribution >= 0.6 is 0 Å². The first-order valence-corrected chi connectivity index (χ1v) is 7.39. The van der Waals surface area contributed by atoms with Crippen LogP contribution in [-0.2, 0) is 0 Å². The largest absolute Gasteiger partial charge is 0.458 e. The summed E-state index contributed by atoms with van der Waals surface area (Å²) in [5, 5.41) is 6.48. The van der Waals surface area contributed by atoms with E-state index in [2.05, 4.69) is 20.2 Å². The Bertz CT molecular complexity index is 636. The van der Waals surface area contributed by atoms with Gasteiger partial charge in [-0.15, -0.1) is 0 Å². The van der Waals surface area contributed by atoms with Crippen LogP contribution < -0.4 is 4.74 Å². The van der Waals surface area contributed by atoms with E-state index >= 15 is 0 Å². The van der Waals surface area contributed by atoms with Crippen LogP contribution in [0.15, 0.2) is 18.5 Å². The molecule has 2 aromatic heterocycles. The van der Waals surface area contributed by atoms with E-state index in [1.165, 1.54) is 0 Å². The number of aromatic nitrogens is 4. The number of aryl methyl sites for hydroxylation is 2. The number of nitrogens with one attached hydrogen (secondary N) is 1. The van der Waals surface area contributed by atoms with Crippen LogP contribution in [0.25, 0.3) is 0 Å². The van der Waals surface area contributed by atoms with Gasteiger partial charge in [-0.1, -0.05) is 0 Å². The number of likely N-dealkylation sites (tertiary alicyclic amines) is 1. The van der Waals surface area contributed by atoms with Crippen molar-refractivity contribution in [2.45, 2.75) is 32.8 Å². The standard InChI is InChI=1S/C15H19N5O2/c1-10-6-11(2)19-15(18-10)22-13-4-3-5-20(9-13)14(21)12-7-16-17-8-12/h6-8,13H,3-5,9H2,1-2H3,(H,16,17). The van der Waals surface area contributed by atoms with Crippen LogP contribution in [0, 0.1) is 13.8 Å². The number of nitrogens with zero attached hydrogens (tertiary/aromatic N) is 4. The predicted molar refractivity (Wildman–Crippen MR) is 79.6 cm³/mol. The van der Waals surface area contributed by atoms with Gasteiger partial charge in [-0.3, -0.25) is 9.89 Å². The second-order valence-electron chi connectivity index (χ2n) is 5.55. The molecule has 0 saturated carbocycles. The lowest BCUT2D eigenvalue weighted by molar-refractivity contribution is 0.0515. The van der Waals surface area contributed by atoms with Crippen LogP contribution in [-0.4, -0.2) is 50.2 Å². The molecule has 3 rings (SSSR count). The van der Waals surface area contributed by atoms with E-state index in [1.807, 2.05) is 19.9 Å². The van der Waals surface area contributed by atoms with E-state index in [1.54, 1.807) is 17.3 Å². The van der Waals surface area contributed by atoms with E-state index < -0.39 is 0 Å². The maximum absolute atomic E-state index is 12.3. The Hall–Kier alpha value is -2.44. The topological polar surface area (TPSA) is 84.0 Å². The van der Waals surface area contributed by atoms with E-state index in [9.17, 15) is 4.79 Å². The molecule has 0 aliphatic carbocycles. The number of hydrogen-bond donors (Lipinski definition) is 1. The molecule has 2 aromatic rings. The normalized spacial score (nSPS) is 18.3. The highest BCUT2D eigenvalue weighted by Crippen LogP contribution is 2.18. The van der Waals surface area contributed by atoms with E-state index in [-0.39, 0.29) is 12.0 Å². The first-order chi connectivity index (χ1) is 10.6. The zero-order valence-corrected chi connectivity index (χ0v) is 12.7. The molecule has 0 aromatic carbocycles. The summed E-state index contributed by atoms with van der Waals surface area (Å²) in [4.78, 5) is 22.7. The van der Waals surface area contributed by atoms with Crippen molar-refractivity contribution in [3.05, 3.63) is 35.4 Å². The fraction of sp³-hybridized carbons (Fsp3) is 0.467. The van der Waals surface area contributed by atoms with Gasteiger partial charge in [-0.05, 0) is 32.8 Å². The zero-order chi connectivity index (χ0) is 15.5. The molecule has 0 radical (unpaired) electrons. The third kappa shape index (κ3) is 3.24. The van der Waals surface area contributed by atoms with Gasteiger partial charge in [0.2, 0.25) is 0 Å². The summed E-state index contributed by atoms with van der Waals surface area (Å²) in [5.41, 5.74) is 2.33. The summed E-state index contributed by atoms with van der Waals surface area (Å²) in [7, 11) is 0. The minimum Gasteiger partial charge on any atom is -0.458 e. The number of piperidine rings is 1. The number of aromatic amines is 1. The molecule has 3 heterocycles. The Kier molecular flexibility index (Phi) is 4.04. The van der Waals surface area contributed by atoms with Crippen LogP contribution in [0.2, 0.25) is 0 Å². The quantitative estimate of drug-likeness (QED) is 0.928. The molecule has 0 spiro atoms. The molecule has 1 N–H and O–H groups in total. The fourth-order valence-corrected chi connectivity index (χ4v) is 2.66. The lowest BCUT2D eigenvalue weighted by Crippen LogP contribution is -2.44. The van der Waals surface area contributed by atoms with Gasteiger partial charge in [-0.25, -0.2) is 9.97 Å². The van der Waals surface area contributed by atoms with E-state index in [4.69, 9.17) is 4.74 Å². The van der Waals surface area contributed by atoms with E-state index in [0.29, 0.717) is 18.1 Å². The van der Waals surface area contributed by atoms with Gasteiger partial charge in [0, 0.05) is 24.1 Å². The summed E-state index contributed by atoms with van der Waals surface area (Å²) >= 11 is 0. The maximum atomic E-state index is 12.3. The average molecular weight is 301 g/mol. The number of carbonyl (C=O) groups excluding carboxylic acids is 1. The summed E-state index contributed by atoms with van der Waals surface area (Å²) in [6.07, 6.45) is 4.87. The first-order valence-electron chi connectivity index (χ1n) is 7.39. The number of H-pyrrole nitrogens is 1. The summed E-state index contributed by atoms with van der Waals surface area (Å²) in [6.45, 7) is 5.10. The molecule has 116 valence electrons. The summed E-state index contributed by atoms with van der Waals surface area (Å²) in [6, 6.07) is 2.29. The van der Waals surface area contributed by atoms with E-state index in [0.717, 1.165) is 30.8 Å². The fourth-order valence-electron chi connectivity index (χ4n) is 2.66. The number of amides is 1. The minimum atomic E-state index is -0.0780. The molecule has 1 fully saturated rings. The molecule has 1 saturated heterocycles. The van der Waals surface area contributed by atoms with Crippen molar-refractivity contribution in [3.8, 4) is 6.01 Å². The van der Waals surface area contributed by atoms with Gasteiger partial charge in [0.1, 0.15) is 6.10 Å². The van der Waals surface area contributed by atoms with Crippen molar-refractivity contribution < 1.29 is 9.53 Å². The van der Waals surface area contributed by atoms with Crippen molar-refractivity contribution in [2.24, 2.45) is 0 Å². The van der Waals surface area contributed by atoms with Crippen molar-refractivity contribution in [3.63, 3.8) is 0 Å². The number of ether oxygens (including phenoxy) is 1. The minimum absolute atomic E-state index is 0.0246. The highest BCUT2D eigenvalue weighted by Gasteiger charge is 2.26. The Morgan fingerprint density at radius 3 is 2.82 bits per heavy atom. The molecular weight excluding hydrogens is 282 g/mol. The summed E-state index contributed by atoms with van der Waals surface area (Å²) in [5.74, 6) is -0.0246.